The van der Waals surface area contributed by atoms with Crippen LogP contribution in [-0.2, 0) is 11.3 Å². The van der Waals surface area contributed by atoms with E-state index in [9.17, 15) is 0 Å². The van der Waals surface area contributed by atoms with Crippen LogP contribution in [0.15, 0.2) is 30.5 Å². The van der Waals surface area contributed by atoms with Crippen molar-refractivity contribution >= 4 is 10.9 Å². The number of rotatable bonds is 10. The van der Waals surface area contributed by atoms with E-state index in [-0.39, 0.29) is 0 Å². The highest BCUT2D eigenvalue weighted by atomic mass is 16.5. The third-order valence-corrected chi connectivity index (χ3v) is 3.59. The number of ether oxygens (including phenoxy) is 2. The molecule has 0 aliphatic heterocycles. The van der Waals surface area contributed by atoms with Crippen LogP contribution in [0.5, 0.6) is 5.75 Å². The van der Waals surface area contributed by atoms with E-state index >= 15 is 0 Å². The van der Waals surface area contributed by atoms with Gasteiger partial charge in [-0.1, -0.05) is 19.4 Å². The number of nitrogens with one attached hydrogen (secondary N) is 1. The minimum atomic E-state index is 0.792. The summed E-state index contributed by atoms with van der Waals surface area (Å²) >= 11 is 0. The van der Waals surface area contributed by atoms with Crippen molar-refractivity contribution in [3.8, 4) is 5.75 Å². The van der Waals surface area contributed by atoms with Gasteiger partial charge in [0.1, 0.15) is 5.75 Å². The summed E-state index contributed by atoms with van der Waals surface area (Å²) in [5, 5.41) is 4.59. The fourth-order valence-electron chi connectivity index (χ4n) is 2.39. The van der Waals surface area contributed by atoms with Crippen LogP contribution in [0.25, 0.3) is 10.9 Å². The Kier molecular flexibility index (Phi) is 6.57. The van der Waals surface area contributed by atoms with Gasteiger partial charge in [0, 0.05) is 37.8 Å². The molecule has 0 fully saturated rings. The lowest BCUT2D eigenvalue weighted by molar-refractivity contribution is 0.133. The molecule has 0 amide bonds. The molecule has 0 saturated carbocycles. The Bertz CT molecular complexity index is 537. The topological polar surface area (TPSA) is 35.4 Å². The third kappa shape index (κ3) is 4.48. The number of fused-ring (bicyclic) bond motifs is 1. The van der Waals surface area contributed by atoms with Gasteiger partial charge in [-0.05, 0) is 24.6 Å². The van der Waals surface area contributed by atoms with E-state index in [4.69, 9.17) is 9.47 Å². The predicted molar refractivity (Wildman–Crippen MR) is 87.1 cm³/mol. The number of hydrogen-bond acceptors (Lipinski definition) is 3. The smallest absolute Gasteiger partial charge is 0.128 e. The first-order valence-corrected chi connectivity index (χ1v) is 7.77. The number of benzene rings is 1. The average Bonchev–Trinajstić information content (AvgIpc) is 2.93. The second kappa shape index (κ2) is 8.70. The summed E-state index contributed by atoms with van der Waals surface area (Å²) < 4.78 is 13.2. The van der Waals surface area contributed by atoms with Crippen LogP contribution in [0.1, 0.15) is 19.8 Å². The molecule has 21 heavy (non-hydrogen) atoms. The van der Waals surface area contributed by atoms with Gasteiger partial charge < -0.3 is 19.4 Å². The summed E-state index contributed by atoms with van der Waals surface area (Å²) in [5.41, 5.74) is 1.22. The molecule has 2 aromatic rings. The monoisotopic (exact) mass is 290 g/mol. The number of aromatic nitrogens is 1. The van der Waals surface area contributed by atoms with E-state index in [1.165, 1.54) is 17.3 Å². The molecule has 1 N–H and O–H groups in total. The maximum atomic E-state index is 5.53. The van der Waals surface area contributed by atoms with Crippen molar-refractivity contribution in [1.82, 2.24) is 9.88 Å². The van der Waals surface area contributed by atoms with Gasteiger partial charge in [0.2, 0.25) is 0 Å². The summed E-state index contributed by atoms with van der Waals surface area (Å²) in [6.07, 6.45) is 4.46. The average molecular weight is 290 g/mol. The fourth-order valence-corrected chi connectivity index (χ4v) is 2.39. The molecule has 1 heterocycles. The van der Waals surface area contributed by atoms with Crippen molar-refractivity contribution < 1.29 is 9.47 Å². The van der Waals surface area contributed by atoms with Gasteiger partial charge in [0.15, 0.2) is 0 Å². The van der Waals surface area contributed by atoms with Gasteiger partial charge in [0.25, 0.3) is 0 Å². The second-order valence-corrected chi connectivity index (χ2v) is 5.12. The maximum absolute atomic E-state index is 5.53. The van der Waals surface area contributed by atoms with E-state index < -0.39 is 0 Å². The number of unbranched alkanes of at least 4 members (excludes halogenated alkanes) is 1. The Morgan fingerprint density at radius 1 is 1.14 bits per heavy atom. The van der Waals surface area contributed by atoms with Crippen LogP contribution >= 0.6 is 0 Å². The highest BCUT2D eigenvalue weighted by Crippen LogP contribution is 2.25. The summed E-state index contributed by atoms with van der Waals surface area (Å²) in [6.45, 7) is 6.65. The second-order valence-electron chi connectivity index (χ2n) is 5.12. The molecule has 4 heteroatoms. The molecule has 0 aliphatic carbocycles. The van der Waals surface area contributed by atoms with E-state index in [0.717, 1.165) is 45.0 Å². The first-order valence-electron chi connectivity index (χ1n) is 7.77. The van der Waals surface area contributed by atoms with E-state index in [0.29, 0.717) is 0 Å². The predicted octanol–water partition coefficient (Wildman–Crippen LogP) is 3.06. The largest absolute Gasteiger partial charge is 0.496 e. The molecule has 0 radical (unpaired) electrons. The summed E-state index contributed by atoms with van der Waals surface area (Å²) in [7, 11) is 1.71. The van der Waals surface area contributed by atoms with E-state index in [2.05, 4.69) is 35.1 Å². The van der Waals surface area contributed by atoms with Gasteiger partial charge in [-0.3, -0.25) is 0 Å². The Hall–Kier alpha value is -1.52. The minimum absolute atomic E-state index is 0.792. The van der Waals surface area contributed by atoms with Crippen molar-refractivity contribution in [2.24, 2.45) is 0 Å². The normalized spacial score (nSPS) is 11.1. The third-order valence-electron chi connectivity index (χ3n) is 3.59. The molecule has 1 aromatic carbocycles. The van der Waals surface area contributed by atoms with E-state index in [1.807, 2.05) is 12.1 Å². The molecule has 116 valence electrons. The van der Waals surface area contributed by atoms with Crippen molar-refractivity contribution in [3.05, 3.63) is 30.5 Å². The highest BCUT2D eigenvalue weighted by molar-refractivity contribution is 5.86. The molecule has 0 aliphatic rings. The van der Waals surface area contributed by atoms with Gasteiger partial charge in [-0.2, -0.15) is 0 Å². The number of methoxy groups -OCH3 is 1. The molecular weight excluding hydrogens is 264 g/mol. The lowest BCUT2D eigenvalue weighted by Crippen LogP contribution is -2.24. The molecular formula is C17H26N2O2. The van der Waals surface area contributed by atoms with Crippen molar-refractivity contribution in [3.63, 3.8) is 0 Å². The van der Waals surface area contributed by atoms with Gasteiger partial charge in [0.05, 0.1) is 19.2 Å². The van der Waals surface area contributed by atoms with Crippen LogP contribution < -0.4 is 10.1 Å². The molecule has 1 aromatic heterocycles. The number of nitrogens with zero attached hydrogens (tertiary/aromatic N) is 1. The van der Waals surface area contributed by atoms with E-state index in [1.54, 1.807) is 7.11 Å². The zero-order valence-electron chi connectivity index (χ0n) is 13.1. The fraction of sp³-hybridized carbons (Fsp3) is 0.529. The summed E-state index contributed by atoms with van der Waals surface area (Å²) in [6, 6.07) is 8.28. The highest BCUT2D eigenvalue weighted by Gasteiger charge is 2.04. The SMILES string of the molecule is CCCCOCCNCCn1ccc2c(OC)cccc21. The van der Waals surface area contributed by atoms with Crippen LogP contribution in [0, 0.1) is 0 Å². The number of hydrogen-bond donors (Lipinski definition) is 1. The first kappa shape index (κ1) is 15.9. The summed E-state index contributed by atoms with van der Waals surface area (Å²) in [4.78, 5) is 0. The Balaban J connectivity index is 1.74. The van der Waals surface area contributed by atoms with Crippen LogP contribution in [-0.4, -0.2) is 38.0 Å². The van der Waals surface area contributed by atoms with Crippen LogP contribution in [0.2, 0.25) is 0 Å². The van der Waals surface area contributed by atoms with Crippen LogP contribution in [0.4, 0.5) is 0 Å². The van der Waals surface area contributed by atoms with Crippen LogP contribution in [0.3, 0.4) is 0 Å². The lowest BCUT2D eigenvalue weighted by Gasteiger charge is -2.08. The lowest BCUT2D eigenvalue weighted by atomic mass is 10.2. The van der Waals surface area contributed by atoms with Crippen molar-refractivity contribution in [1.29, 1.82) is 0 Å². The summed E-state index contributed by atoms with van der Waals surface area (Å²) in [5.74, 6) is 0.934. The molecule has 2 rings (SSSR count). The van der Waals surface area contributed by atoms with Gasteiger partial charge >= 0.3 is 0 Å². The Morgan fingerprint density at radius 3 is 2.86 bits per heavy atom. The van der Waals surface area contributed by atoms with Crippen molar-refractivity contribution in [2.75, 3.05) is 33.4 Å². The molecule has 0 unspecified atom stereocenters. The molecule has 0 spiro atoms. The minimum Gasteiger partial charge on any atom is -0.496 e. The van der Waals surface area contributed by atoms with Gasteiger partial charge in [-0.15, -0.1) is 0 Å². The van der Waals surface area contributed by atoms with Gasteiger partial charge in [-0.25, -0.2) is 0 Å². The first-order chi connectivity index (χ1) is 10.4. The molecule has 0 bridgehead atoms. The molecule has 4 nitrogen and oxygen atoms in total. The maximum Gasteiger partial charge on any atom is 0.128 e. The molecule has 0 saturated heterocycles. The molecule has 0 atom stereocenters. The Morgan fingerprint density at radius 2 is 2.05 bits per heavy atom. The zero-order chi connectivity index (χ0) is 14.9. The van der Waals surface area contributed by atoms with Crippen molar-refractivity contribution in [2.45, 2.75) is 26.3 Å². The standard InChI is InChI=1S/C17H26N2O2/c1-3-4-13-21-14-10-18-9-12-19-11-8-15-16(19)6-5-7-17(15)20-2/h5-8,11,18H,3-4,9-10,12-14H2,1-2H3. The quantitative estimate of drug-likeness (QED) is 0.683. The Labute approximate surface area is 127 Å². The zero-order valence-corrected chi connectivity index (χ0v) is 13.1.